The van der Waals surface area contributed by atoms with E-state index in [9.17, 15) is 9.18 Å². The zero-order valence-electron chi connectivity index (χ0n) is 15.7. The molecule has 28 heavy (non-hydrogen) atoms. The number of carbonyl (C=O) groups is 1. The fourth-order valence-electron chi connectivity index (χ4n) is 3.39. The molecule has 2 heterocycles. The van der Waals surface area contributed by atoms with Gasteiger partial charge in [-0.3, -0.25) is 4.79 Å². The molecule has 1 amide bonds. The van der Waals surface area contributed by atoms with Crippen molar-refractivity contribution in [2.45, 2.75) is 25.6 Å². The molecule has 0 saturated carbocycles. The minimum Gasteiger partial charge on any atom is -0.322 e. The third kappa shape index (κ3) is 3.94. The van der Waals surface area contributed by atoms with Gasteiger partial charge in [-0.25, -0.2) is 9.07 Å². The topological polar surface area (TPSA) is 71.8 Å². The Morgan fingerprint density at radius 3 is 2.86 bits per heavy atom. The Morgan fingerprint density at radius 1 is 1.29 bits per heavy atom. The van der Waals surface area contributed by atoms with Crippen molar-refractivity contribution in [1.29, 1.82) is 0 Å². The number of benzene rings is 2. The molecule has 4 rings (SSSR count). The number of alkyl halides is 1. The van der Waals surface area contributed by atoms with Crippen molar-refractivity contribution in [2.24, 2.45) is 0 Å². The third-order valence-electron chi connectivity index (χ3n) is 4.99. The quantitative estimate of drug-likeness (QED) is 0.714. The van der Waals surface area contributed by atoms with Crippen molar-refractivity contribution in [3.05, 3.63) is 65.9 Å². The van der Waals surface area contributed by atoms with Crippen LogP contribution in [-0.2, 0) is 6.54 Å². The van der Waals surface area contributed by atoms with E-state index in [4.69, 9.17) is 0 Å². The second-order valence-corrected chi connectivity index (χ2v) is 7.23. The van der Waals surface area contributed by atoms with Gasteiger partial charge >= 0.3 is 0 Å². The predicted molar refractivity (Wildman–Crippen MR) is 106 cm³/mol. The van der Waals surface area contributed by atoms with Crippen LogP contribution in [0.25, 0.3) is 11.3 Å². The molecule has 0 bridgehead atoms. The van der Waals surface area contributed by atoms with Crippen LogP contribution in [0, 0.1) is 6.92 Å². The molecule has 1 aliphatic heterocycles. The maximum atomic E-state index is 14.6. The summed E-state index contributed by atoms with van der Waals surface area (Å²) in [5.41, 5.74) is 2.26. The van der Waals surface area contributed by atoms with Gasteiger partial charge < -0.3 is 10.6 Å². The Morgan fingerprint density at radius 2 is 2.11 bits per heavy atom. The Hall–Kier alpha value is -3.06. The standard InChI is InChI=1S/C21H22FN5O/c1-15-7-8-16(11-18(15)20(28)24-17-5-3-2-4-6-17)19-12-27(26-25-19)14-21(22)9-10-23-13-21/h2-8,11-12,23H,9-10,13-14H2,1H3,(H,24,28). The number of amides is 1. The molecule has 1 aliphatic rings. The van der Waals surface area contributed by atoms with E-state index in [0.29, 0.717) is 30.8 Å². The average molecular weight is 379 g/mol. The summed E-state index contributed by atoms with van der Waals surface area (Å²) >= 11 is 0. The molecular formula is C21H22FN5O. The lowest BCUT2D eigenvalue weighted by atomic mass is 10.0. The summed E-state index contributed by atoms with van der Waals surface area (Å²) in [6.07, 6.45) is 2.19. The fraction of sp³-hybridized carbons (Fsp3) is 0.286. The van der Waals surface area contributed by atoms with Crippen molar-refractivity contribution >= 4 is 11.6 Å². The number of nitrogens with zero attached hydrogens (tertiary/aromatic N) is 3. The van der Waals surface area contributed by atoms with Crippen LogP contribution in [0.5, 0.6) is 0 Å². The number of anilines is 1. The Kier molecular flexibility index (Phi) is 4.92. The van der Waals surface area contributed by atoms with Gasteiger partial charge in [-0.15, -0.1) is 5.10 Å². The molecule has 2 aromatic carbocycles. The normalized spacial score (nSPS) is 18.9. The number of carbonyl (C=O) groups excluding carboxylic acids is 1. The van der Waals surface area contributed by atoms with Crippen LogP contribution in [0.4, 0.5) is 10.1 Å². The molecule has 3 aromatic rings. The summed E-state index contributed by atoms with van der Waals surface area (Å²) in [4.78, 5) is 12.7. The van der Waals surface area contributed by atoms with Crippen molar-refractivity contribution in [1.82, 2.24) is 20.3 Å². The van der Waals surface area contributed by atoms with Crippen molar-refractivity contribution in [3.63, 3.8) is 0 Å². The van der Waals surface area contributed by atoms with Crippen LogP contribution in [0.1, 0.15) is 22.3 Å². The molecule has 7 heteroatoms. The summed E-state index contributed by atoms with van der Waals surface area (Å²) in [6, 6.07) is 14.9. The number of rotatable bonds is 5. The van der Waals surface area contributed by atoms with Crippen LogP contribution in [0.3, 0.4) is 0 Å². The molecule has 1 unspecified atom stereocenters. The van der Waals surface area contributed by atoms with Gasteiger partial charge in [-0.2, -0.15) is 0 Å². The van der Waals surface area contributed by atoms with Gasteiger partial charge in [-0.05, 0) is 43.7 Å². The van der Waals surface area contributed by atoms with Gasteiger partial charge in [0, 0.05) is 23.4 Å². The Balaban J connectivity index is 1.54. The largest absolute Gasteiger partial charge is 0.322 e. The Labute approximate surface area is 162 Å². The molecule has 1 atom stereocenters. The molecule has 0 aliphatic carbocycles. The van der Waals surface area contributed by atoms with E-state index < -0.39 is 5.67 Å². The van der Waals surface area contributed by atoms with Gasteiger partial charge in [0.1, 0.15) is 11.4 Å². The lowest BCUT2D eigenvalue weighted by Crippen LogP contribution is -2.31. The van der Waals surface area contributed by atoms with E-state index in [1.54, 1.807) is 12.3 Å². The highest BCUT2D eigenvalue weighted by Crippen LogP contribution is 2.24. The fourth-order valence-corrected chi connectivity index (χ4v) is 3.39. The average Bonchev–Trinajstić information content (AvgIpc) is 3.32. The van der Waals surface area contributed by atoms with Crippen molar-refractivity contribution in [2.75, 3.05) is 18.4 Å². The van der Waals surface area contributed by atoms with Gasteiger partial charge in [0.2, 0.25) is 0 Å². The van der Waals surface area contributed by atoms with Crippen molar-refractivity contribution < 1.29 is 9.18 Å². The monoisotopic (exact) mass is 379 g/mol. The second-order valence-electron chi connectivity index (χ2n) is 7.23. The zero-order chi connectivity index (χ0) is 19.6. The molecule has 0 spiro atoms. The minimum absolute atomic E-state index is 0.167. The van der Waals surface area contributed by atoms with E-state index in [0.717, 1.165) is 16.8 Å². The minimum atomic E-state index is -1.29. The zero-order valence-corrected chi connectivity index (χ0v) is 15.7. The summed E-state index contributed by atoms with van der Waals surface area (Å²) in [7, 11) is 0. The summed E-state index contributed by atoms with van der Waals surface area (Å²) < 4.78 is 16.2. The first-order valence-electron chi connectivity index (χ1n) is 9.30. The molecular weight excluding hydrogens is 357 g/mol. The maximum absolute atomic E-state index is 14.6. The van der Waals surface area contributed by atoms with Gasteiger partial charge in [0.05, 0.1) is 12.7 Å². The first kappa shape index (κ1) is 18.3. The number of hydrogen-bond acceptors (Lipinski definition) is 4. The van der Waals surface area contributed by atoms with E-state index in [-0.39, 0.29) is 12.5 Å². The van der Waals surface area contributed by atoms with E-state index in [1.807, 2.05) is 49.4 Å². The van der Waals surface area contributed by atoms with Crippen LogP contribution in [-0.4, -0.2) is 39.7 Å². The van der Waals surface area contributed by atoms with Gasteiger partial charge in [0.25, 0.3) is 5.91 Å². The van der Waals surface area contributed by atoms with Crippen molar-refractivity contribution in [3.8, 4) is 11.3 Å². The van der Waals surface area contributed by atoms with Crippen LogP contribution >= 0.6 is 0 Å². The number of aryl methyl sites for hydroxylation is 1. The number of nitrogens with one attached hydrogen (secondary N) is 2. The van der Waals surface area contributed by atoms with Crippen LogP contribution < -0.4 is 10.6 Å². The first-order chi connectivity index (χ1) is 13.5. The predicted octanol–water partition coefficient (Wildman–Crippen LogP) is 3.21. The van der Waals surface area contributed by atoms with Gasteiger partial charge in [-0.1, -0.05) is 35.5 Å². The smallest absolute Gasteiger partial charge is 0.255 e. The van der Waals surface area contributed by atoms with Gasteiger partial charge in [0.15, 0.2) is 0 Å². The summed E-state index contributed by atoms with van der Waals surface area (Å²) in [6.45, 7) is 3.06. The highest BCUT2D eigenvalue weighted by molar-refractivity contribution is 6.05. The molecule has 2 N–H and O–H groups in total. The summed E-state index contributed by atoms with van der Waals surface area (Å²) in [5, 5.41) is 14.2. The molecule has 1 saturated heterocycles. The van der Waals surface area contributed by atoms with E-state index in [2.05, 4.69) is 20.9 Å². The SMILES string of the molecule is Cc1ccc(-c2cn(CC3(F)CCNC3)nn2)cc1C(=O)Nc1ccccc1. The molecule has 0 radical (unpaired) electrons. The first-order valence-corrected chi connectivity index (χ1v) is 9.30. The lowest BCUT2D eigenvalue weighted by molar-refractivity contribution is 0.102. The number of aromatic nitrogens is 3. The molecule has 6 nitrogen and oxygen atoms in total. The third-order valence-corrected chi connectivity index (χ3v) is 4.99. The van der Waals surface area contributed by atoms with E-state index >= 15 is 0 Å². The summed E-state index contributed by atoms with van der Waals surface area (Å²) in [5.74, 6) is -0.183. The van der Waals surface area contributed by atoms with Crippen LogP contribution in [0.15, 0.2) is 54.7 Å². The van der Waals surface area contributed by atoms with Crippen LogP contribution in [0.2, 0.25) is 0 Å². The highest BCUT2D eigenvalue weighted by atomic mass is 19.1. The number of para-hydroxylation sites is 1. The molecule has 1 aromatic heterocycles. The molecule has 1 fully saturated rings. The second kappa shape index (κ2) is 7.52. The highest BCUT2D eigenvalue weighted by Gasteiger charge is 2.34. The lowest BCUT2D eigenvalue weighted by Gasteiger charge is -2.16. The molecule has 144 valence electrons. The number of hydrogen-bond donors (Lipinski definition) is 2. The van der Waals surface area contributed by atoms with E-state index in [1.165, 1.54) is 4.68 Å². The number of halogens is 1. The maximum Gasteiger partial charge on any atom is 0.255 e. The Bertz CT molecular complexity index is 979.